The molecular formula is C23H24N2O3S. The molecular weight excluding hydrogens is 384 g/mol. The summed E-state index contributed by atoms with van der Waals surface area (Å²) in [6, 6.07) is 22.1. The average Bonchev–Trinajstić information content (AvgIpc) is 2.71. The van der Waals surface area contributed by atoms with Gasteiger partial charge in [0.05, 0.1) is 4.90 Å². The van der Waals surface area contributed by atoms with Crippen molar-refractivity contribution in [3.05, 3.63) is 95.6 Å². The van der Waals surface area contributed by atoms with Gasteiger partial charge < -0.3 is 5.32 Å². The SMILES string of the molecule is Cc1ccc(NC(=O)[C@H](Cc2ccccc2)NS(=O)(=O)c2ccccc2)c(C)c1. The van der Waals surface area contributed by atoms with E-state index in [0.29, 0.717) is 5.69 Å². The first kappa shape index (κ1) is 20.8. The summed E-state index contributed by atoms with van der Waals surface area (Å²) >= 11 is 0. The van der Waals surface area contributed by atoms with Crippen LogP contribution in [0.1, 0.15) is 16.7 Å². The van der Waals surface area contributed by atoms with Gasteiger partial charge in [0.1, 0.15) is 6.04 Å². The minimum Gasteiger partial charge on any atom is -0.324 e. The van der Waals surface area contributed by atoms with Crippen molar-refractivity contribution >= 4 is 21.6 Å². The van der Waals surface area contributed by atoms with E-state index in [1.807, 2.05) is 62.4 Å². The van der Waals surface area contributed by atoms with E-state index < -0.39 is 22.0 Å². The Labute approximate surface area is 171 Å². The molecule has 0 aliphatic rings. The van der Waals surface area contributed by atoms with Crippen molar-refractivity contribution in [3.63, 3.8) is 0 Å². The zero-order chi connectivity index (χ0) is 20.9. The zero-order valence-electron chi connectivity index (χ0n) is 16.4. The molecule has 0 unspecified atom stereocenters. The minimum absolute atomic E-state index is 0.123. The maximum Gasteiger partial charge on any atom is 0.242 e. The second kappa shape index (κ2) is 9.03. The molecule has 3 rings (SSSR count). The predicted molar refractivity (Wildman–Crippen MR) is 115 cm³/mol. The number of hydrogen-bond acceptors (Lipinski definition) is 3. The third kappa shape index (κ3) is 5.53. The summed E-state index contributed by atoms with van der Waals surface area (Å²) in [4.78, 5) is 13.1. The van der Waals surface area contributed by atoms with Gasteiger partial charge in [0.15, 0.2) is 0 Å². The lowest BCUT2D eigenvalue weighted by atomic mass is 10.1. The summed E-state index contributed by atoms with van der Waals surface area (Å²) in [7, 11) is -3.84. The lowest BCUT2D eigenvalue weighted by Crippen LogP contribution is -2.45. The van der Waals surface area contributed by atoms with Crippen molar-refractivity contribution in [3.8, 4) is 0 Å². The van der Waals surface area contributed by atoms with E-state index in [9.17, 15) is 13.2 Å². The molecule has 0 heterocycles. The monoisotopic (exact) mass is 408 g/mol. The smallest absolute Gasteiger partial charge is 0.242 e. The van der Waals surface area contributed by atoms with E-state index in [4.69, 9.17) is 0 Å². The van der Waals surface area contributed by atoms with Gasteiger partial charge in [-0.2, -0.15) is 4.72 Å². The van der Waals surface area contributed by atoms with Crippen LogP contribution in [0.5, 0.6) is 0 Å². The van der Waals surface area contributed by atoms with Gasteiger partial charge in [-0.1, -0.05) is 66.2 Å². The molecule has 1 atom stereocenters. The third-order valence-electron chi connectivity index (χ3n) is 4.59. The molecule has 0 saturated carbocycles. The van der Waals surface area contributed by atoms with E-state index in [-0.39, 0.29) is 11.3 Å². The van der Waals surface area contributed by atoms with Crippen LogP contribution in [0.2, 0.25) is 0 Å². The lowest BCUT2D eigenvalue weighted by Gasteiger charge is -2.19. The number of hydrogen-bond donors (Lipinski definition) is 2. The predicted octanol–water partition coefficient (Wildman–Crippen LogP) is 3.83. The number of carbonyl (C=O) groups excluding carboxylic acids is 1. The largest absolute Gasteiger partial charge is 0.324 e. The van der Waals surface area contributed by atoms with Crippen molar-refractivity contribution in [2.24, 2.45) is 0 Å². The molecule has 0 radical (unpaired) electrons. The molecule has 0 aliphatic carbocycles. The average molecular weight is 409 g/mol. The van der Waals surface area contributed by atoms with E-state index >= 15 is 0 Å². The van der Waals surface area contributed by atoms with Gasteiger partial charge >= 0.3 is 0 Å². The molecule has 2 N–H and O–H groups in total. The van der Waals surface area contributed by atoms with E-state index in [0.717, 1.165) is 16.7 Å². The van der Waals surface area contributed by atoms with Crippen molar-refractivity contribution in [1.82, 2.24) is 4.72 Å². The summed E-state index contributed by atoms with van der Waals surface area (Å²) in [5, 5.41) is 2.87. The number of anilines is 1. The second-order valence-electron chi connectivity index (χ2n) is 6.98. The highest BCUT2D eigenvalue weighted by Crippen LogP contribution is 2.18. The Morgan fingerprint density at radius 1 is 0.897 bits per heavy atom. The fourth-order valence-corrected chi connectivity index (χ4v) is 4.28. The Morgan fingerprint density at radius 3 is 2.14 bits per heavy atom. The first-order valence-corrected chi connectivity index (χ1v) is 10.8. The van der Waals surface area contributed by atoms with Crippen LogP contribution in [0.4, 0.5) is 5.69 Å². The molecule has 150 valence electrons. The normalized spacial score (nSPS) is 12.3. The second-order valence-corrected chi connectivity index (χ2v) is 8.70. The van der Waals surface area contributed by atoms with E-state index in [1.165, 1.54) is 12.1 Å². The highest BCUT2D eigenvalue weighted by molar-refractivity contribution is 7.89. The van der Waals surface area contributed by atoms with Gasteiger partial charge in [-0.05, 0) is 49.6 Å². The highest BCUT2D eigenvalue weighted by Gasteiger charge is 2.26. The van der Waals surface area contributed by atoms with Crippen LogP contribution >= 0.6 is 0 Å². The first-order valence-electron chi connectivity index (χ1n) is 9.34. The van der Waals surface area contributed by atoms with Crippen LogP contribution in [0.15, 0.2) is 83.8 Å². The van der Waals surface area contributed by atoms with Gasteiger partial charge in [-0.25, -0.2) is 8.42 Å². The number of carbonyl (C=O) groups is 1. The number of aryl methyl sites for hydroxylation is 2. The number of benzene rings is 3. The van der Waals surface area contributed by atoms with Crippen LogP contribution in [-0.2, 0) is 21.2 Å². The van der Waals surface area contributed by atoms with Crippen molar-refractivity contribution in [1.29, 1.82) is 0 Å². The summed E-state index contributed by atoms with van der Waals surface area (Å²) in [5.74, 6) is -0.402. The van der Waals surface area contributed by atoms with Crippen LogP contribution in [0, 0.1) is 13.8 Å². The molecule has 0 aliphatic heterocycles. The van der Waals surface area contributed by atoms with Crippen LogP contribution in [-0.4, -0.2) is 20.4 Å². The molecule has 6 heteroatoms. The Bertz CT molecular complexity index is 1080. The van der Waals surface area contributed by atoms with Gasteiger partial charge in [-0.15, -0.1) is 0 Å². The number of sulfonamides is 1. The summed E-state index contributed by atoms with van der Waals surface area (Å²) in [6.45, 7) is 3.88. The van der Waals surface area contributed by atoms with Gasteiger partial charge in [0.2, 0.25) is 15.9 Å². The zero-order valence-corrected chi connectivity index (χ0v) is 17.2. The minimum atomic E-state index is -3.84. The fraction of sp³-hybridized carbons (Fsp3) is 0.174. The summed E-state index contributed by atoms with van der Waals surface area (Å²) < 4.78 is 28.2. The lowest BCUT2D eigenvalue weighted by molar-refractivity contribution is -0.117. The molecule has 0 spiro atoms. The molecule has 3 aromatic rings. The first-order chi connectivity index (χ1) is 13.8. The maximum atomic E-state index is 13.0. The Hall–Kier alpha value is -2.96. The quantitative estimate of drug-likeness (QED) is 0.624. The number of amides is 1. The molecule has 0 saturated heterocycles. The van der Waals surface area contributed by atoms with Crippen LogP contribution < -0.4 is 10.0 Å². The summed E-state index contributed by atoms with van der Waals surface area (Å²) in [6.07, 6.45) is 0.240. The van der Waals surface area contributed by atoms with Crippen molar-refractivity contribution < 1.29 is 13.2 Å². The Balaban J connectivity index is 1.87. The number of rotatable bonds is 7. The molecule has 29 heavy (non-hydrogen) atoms. The molecule has 0 aromatic heterocycles. The maximum absolute atomic E-state index is 13.0. The third-order valence-corrected chi connectivity index (χ3v) is 6.08. The Kier molecular flexibility index (Phi) is 6.46. The van der Waals surface area contributed by atoms with Gasteiger partial charge in [0.25, 0.3) is 0 Å². The molecule has 1 amide bonds. The molecule has 0 fully saturated rings. The van der Waals surface area contributed by atoms with Crippen LogP contribution in [0.3, 0.4) is 0 Å². The van der Waals surface area contributed by atoms with E-state index in [2.05, 4.69) is 10.0 Å². The number of nitrogens with one attached hydrogen (secondary N) is 2. The summed E-state index contributed by atoms with van der Waals surface area (Å²) in [5.41, 5.74) is 3.54. The van der Waals surface area contributed by atoms with Gasteiger partial charge in [-0.3, -0.25) is 4.79 Å². The van der Waals surface area contributed by atoms with Gasteiger partial charge in [0, 0.05) is 5.69 Å². The fourth-order valence-electron chi connectivity index (χ4n) is 3.07. The molecule has 0 bridgehead atoms. The standard InChI is InChI=1S/C23H24N2O3S/c1-17-13-14-21(18(2)15-17)24-23(26)22(16-19-9-5-3-6-10-19)25-29(27,28)20-11-7-4-8-12-20/h3-15,22,25H,16H2,1-2H3,(H,24,26)/t22-/m0/s1. The van der Waals surface area contributed by atoms with Crippen molar-refractivity contribution in [2.45, 2.75) is 31.2 Å². The molecule has 5 nitrogen and oxygen atoms in total. The highest BCUT2D eigenvalue weighted by atomic mass is 32.2. The Morgan fingerprint density at radius 2 is 1.52 bits per heavy atom. The molecule has 3 aromatic carbocycles. The van der Waals surface area contributed by atoms with E-state index in [1.54, 1.807) is 18.2 Å². The topological polar surface area (TPSA) is 75.3 Å². The van der Waals surface area contributed by atoms with Crippen LogP contribution in [0.25, 0.3) is 0 Å². The van der Waals surface area contributed by atoms with Crippen molar-refractivity contribution in [2.75, 3.05) is 5.32 Å².